The highest BCUT2D eigenvalue weighted by Crippen LogP contribution is 2.24. The van der Waals surface area contributed by atoms with Crippen LogP contribution in [-0.4, -0.2) is 17.1 Å². The fourth-order valence-electron chi connectivity index (χ4n) is 3.31. The van der Waals surface area contributed by atoms with Gasteiger partial charge in [0.25, 0.3) is 0 Å². The lowest BCUT2D eigenvalue weighted by molar-refractivity contribution is 0.562. The average Bonchev–Trinajstić information content (AvgIpc) is 3.27. The van der Waals surface area contributed by atoms with Crippen LogP contribution >= 0.6 is 46.1 Å². The Morgan fingerprint density at radius 2 is 1.44 bits per heavy atom. The molecule has 0 spiro atoms. The molecule has 0 atom stereocenters. The molecule has 5 aromatic rings. The predicted octanol–water partition coefficient (Wildman–Crippen LogP) is 7.10. The molecule has 178 valence electrons. The van der Waals surface area contributed by atoms with E-state index in [9.17, 15) is 4.79 Å². The molecule has 0 fully saturated rings. The van der Waals surface area contributed by atoms with Crippen LogP contribution in [0.25, 0.3) is 22.2 Å². The van der Waals surface area contributed by atoms with Crippen LogP contribution in [-0.2, 0) is 0 Å². The molecule has 0 saturated carbocycles. The van der Waals surface area contributed by atoms with Crippen molar-refractivity contribution >= 4 is 69.5 Å². The first-order valence-corrected chi connectivity index (χ1v) is 12.5. The van der Waals surface area contributed by atoms with E-state index in [4.69, 9.17) is 39.2 Å². The van der Waals surface area contributed by atoms with E-state index in [1.165, 1.54) is 11.3 Å². The normalized spacial score (nSPS) is 12.4. The Morgan fingerprint density at radius 3 is 2.14 bits per heavy atom. The van der Waals surface area contributed by atoms with Crippen molar-refractivity contribution in [1.82, 2.24) is 4.68 Å². The minimum absolute atomic E-state index is 0.317. The molecule has 0 radical (unpaired) electrons. The maximum absolute atomic E-state index is 12.9. The van der Waals surface area contributed by atoms with Crippen LogP contribution in [0.2, 0.25) is 15.1 Å². The first-order valence-electron chi connectivity index (χ1n) is 10.5. The topological polar surface area (TPSA) is 72.2 Å². The lowest BCUT2D eigenvalue weighted by Crippen LogP contribution is -2.14. The first-order chi connectivity index (χ1) is 17.5. The van der Waals surface area contributed by atoms with Crippen LogP contribution in [0.15, 0.2) is 103 Å². The van der Waals surface area contributed by atoms with E-state index in [1.807, 2.05) is 24.3 Å². The molecule has 6 nitrogen and oxygen atoms in total. The highest BCUT2D eigenvalue weighted by atomic mass is 35.5. The highest BCUT2D eigenvalue weighted by molar-refractivity contribution is 7.07. The number of halogens is 3. The van der Waals surface area contributed by atoms with Gasteiger partial charge < -0.3 is 4.42 Å². The Bertz CT molecular complexity index is 1730. The van der Waals surface area contributed by atoms with Gasteiger partial charge in [0.05, 0.1) is 23.7 Å². The minimum atomic E-state index is -0.505. The Labute approximate surface area is 224 Å². The third-order valence-electron chi connectivity index (χ3n) is 5.07. The average molecular weight is 554 g/mol. The van der Waals surface area contributed by atoms with Crippen LogP contribution in [0.4, 0.5) is 0 Å². The smallest absolute Gasteiger partial charge is 0.345 e. The molecule has 0 bridgehead atoms. The standard InChI is InChI=1S/C26H15Cl3N4O2S/c27-19-5-1-16(2-6-19)13-30-32-26-33(31-14-17-3-7-20(28)8-4-17)23(15-36-26)22-12-18-11-21(29)9-10-24(18)35-25(22)34/h1-15H/b30-13-,31-14+,32-26+. The van der Waals surface area contributed by atoms with Crippen LogP contribution in [0.1, 0.15) is 11.1 Å². The van der Waals surface area contributed by atoms with Gasteiger partial charge in [0.2, 0.25) is 4.80 Å². The van der Waals surface area contributed by atoms with Gasteiger partial charge in [-0.3, -0.25) is 0 Å². The number of thiazole rings is 1. The number of hydrogen-bond donors (Lipinski definition) is 0. The van der Waals surface area contributed by atoms with Gasteiger partial charge in [-0.1, -0.05) is 59.1 Å². The fraction of sp³-hybridized carbons (Fsp3) is 0. The highest BCUT2D eigenvalue weighted by Gasteiger charge is 2.14. The van der Waals surface area contributed by atoms with Gasteiger partial charge in [-0.2, -0.15) is 10.2 Å². The lowest BCUT2D eigenvalue weighted by Gasteiger charge is -2.04. The molecule has 10 heteroatoms. The molecule has 0 amide bonds. The summed E-state index contributed by atoms with van der Waals surface area (Å²) < 4.78 is 7.07. The molecular weight excluding hydrogens is 539 g/mol. The van der Waals surface area contributed by atoms with Crippen molar-refractivity contribution in [3.63, 3.8) is 0 Å². The summed E-state index contributed by atoms with van der Waals surface area (Å²) >= 11 is 19.4. The molecule has 0 saturated heterocycles. The van der Waals surface area contributed by atoms with Gasteiger partial charge in [0.15, 0.2) is 0 Å². The number of aromatic nitrogens is 1. The largest absolute Gasteiger partial charge is 0.422 e. The summed E-state index contributed by atoms with van der Waals surface area (Å²) in [5.41, 5.74) is 2.41. The second-order valence-electron chi connectivity index (χ2n) is 7.54. The third-order valence-corrected chi connectivity index (χ3v) is 6.61. The Kier molecular flexibility index (Phi) is 7.16. The third kappa shape index (κ3) is 5.50. The van der Waals surface area contributed by atoms with E-state index < -0.39 is 5.63 Å². The van der Waals surface area contributed by atoms with E-state index in [2.05, 4.69) is 15.3 Å². The van der Waals surface area contributed by atoms with Crippen LogP contribution in [0.5, 0.6) is 0 Å². The van der Waals surface area contributed by atoms with Crippen LogP contribution in [0, 0.1) is 0 Å². The van der Waals surface area contributed by atoms with E-state index in [0.29, 0.717) is 42.1 Å². The summed E-state index contributed by atoms with van der Waals surface area (Å²) in [5, 5.41) is 17.4. The number of nitrogens with zero attached hydrogens (tertiary/aromatic N) is 4. The minimum Gasteiger partial charge on any atom is -0.422 e. The SMILES string of the molecule is O=c1oc2ccc(Cl)cc2cc1-c1cs/c(=N/N=C\c2ccc(Cl)cc2)n1/N=C/c1ccc(Cl)cc1. The second-order valence-corrected chi connectivity index (χ2v) is 9.68. The van der Waals surface area contributed by atoms with Crippen molar-refractivity contribution < 1.29 is 4.42 Å². The van der Waals surface area contributed by atoms with Gasteiger partial charge in [-0.25, -0.2) is 9.47 Å². The molecular formula is C26H15Cl3N4O2S. The lowest BCUT2D eigenvalue weighted by atomic mass is 10.1. The maximum Gasteiger partial charge on any atom is 0.345 e. The number of fused-ring (bicyclic) bond motifs is 1. The second kappa shape index (κ2) is 10.6. The van der Waals surface area contributed by atoms with Gasteiger partial charge in [0, 0.05) is 25.8 Å². The van der Waals surface area contributed by atoms with E-state index in [0.717, 1.165) is 11.1 Å². The quantitative estimate of drug-likeness (QED) is 0.132. The molecule has 2 aromatic heterocycles. The summed E-state index contributed by atoms with van der Waals surface area (Å²) in [4.78, 5) is 13.3. The van der Waals surface area contributed by atoms with Gasteiger partial charge in [-0.15, -0.1) is 16.4 Å². The molecule has 2 heterocycles. The molecule has 36 heavy (non-hydrogen) atoms. The van der Waals surface area contributed by atoms with Crippen LogP contribution in [0.3, 0.4) is 0 Å². The molecule has 0 aliphatic carbocycles. The number of hydrogen-bond acceptors (Lipinski definition) is 6. The Balaban J connectivity index is 1.62. The van der Waals surface area contributed by atoms with Crippen molar-refractivity contribution in [2.24, 2.45) is 15.3 Å². The summed E-state index contributed by atoms with van der Waals surface area (Å²) in [7, 11) is 0. The van der Waals surface area contributed by atoms with E-state index in [-0.39, 0.29) is 0 Å². The van der Waals surface area contributed by atoms with Crippen molar-refractivity contribution in [1.29, 1.82) is 0 Å². The molecule has 0 aliphatic rings. The zero-order valence-corrected chi connectivity index (χ0v) is 21.4. The predicted molar refractivity (Wildman–Crippen MR) is 148 cm³/mol. The fourth-order valence-corrected chi connectivity index (χ4v) is 4.52. The van der Waals surface area contributed by atoms with Gasteiger partial charge >= 0.3 is 5.63 Å². The van der Waals surface area contributed by atoms with E-state index >= 15 is 0 Å². The molecule has 0 unspecified atom stereocenters. The monoisotopic (exact) mass is 552 g/mol. The van der Waals surface area contributed by atoms with Gasteiger partial charge in [0.1, 0.15) is 5.58 Å². The summed E-state index contributed by atoms with van der Waals surface area (Å²) in [6, 6.07) is 21.2. The van der Waals surface area contributed by atoms with Crippen molar-refractivity contribution in [3.8, 4) is 11.3 Å². The van der Waals surface area contributed by atoms with Crippen molar-refractivity contribution in [2.45, 2.75) is 0 Å². The molecule has 5 rings (SSSR count). The van der Waals surface area contributed by atoms with E-state index in [1.54, 1.807) is 71.0 Å². The number of rotatable bonds is 5. The van der Waals surface area contributed by atoms with Crippen molar-refractivity contribution in [3.05, 3.63) is 120 Å². The van der Waals surface area contributed by atoms with Crippen molar-refractivity contribution in [2.75, 3.05) is 0 Å². The number of benzene rings is 3. The zero-order valence-electron chi connectivity index (χ0n) is 18.3. The molecule has 3 aromatic carbocycles. The summed E-state index contributed by atoms with van der Waals surface area (Å²) in [5.74, 6) is 0. The van der Waals surface area contributed by atoms with Crippen LogP contribution < -0.4 is 10.4 Å². The Morgan fingerprint density at radius 1 is 0.806 bits per heavy atom. The zero-order chi connectivity index (χ0) is 25.1. The Hall–Kier alpha value is -3.49. The van der Waals surface area contributed by atoms with Gasteiger partial charge in [-0.05, 0) is 59.7 Å². The summed E-state index contributed by atoms with van der Waals surface area (Å²) in [6.07, 6.45) is 3.25. The molecule has 0 N–H and O–H groups in total. The maximum atomic E-state index is 12.9. The summed E-state index contributed by atoms with van der Waals surface area (Å²) in [6.45, 7) is 0. The first kappa shape index (κ1) is 24.2. The molecule has 0 aliphatic heterocycles.